The van der Waals surface area contributed by atoms with Crippen LogP contribution in [-0.4, -0.2) is 24.6 Å². The molecule has 3 aromatic rings. The fourth-order valence-corrected chi connectivity index (χ4v) is 3.77. The van der Waals surface area contributed by atoms with Crippen molar-refractivity contribution in [2.24, 2.45) is 0 Å². The van der Waals surface area contributed by atoms with Crippen LogP contribution in [0.15, 0.2) is 60.7 Å². The summed E-state index contributed by atoms with van der Waals surface area (Å²) in [6.07, 6.45) is 0. The van der Waals surface area contributed by atoms with E-state index in [1.165, 1.54) is 11.3 Å². The minimum atomic E-state index is 0.0286. The molecule has 1 aliphatic rings. The highest BCUT2D eigenvalue weighted by Crippen LogP contribution is 2.38. The molecule has 0 saturated heterocycles. The van der Waals surface area contributed by atoms with Crippen molar-refractivity contribution in [2.45, 2.75) is 6.54 Å². The molecule has 0 N–H and O–H groups in total. The zero-order chi connectivity index (χ0) is 17.2. The van der Waals surface area contributed by atoms with Gasteiger partial charge in [-0.15, -0.1) is 11.3 Å². The average Bonchev–Trinajstić information content (AvgIpc) is 3.30. The Hall–Kier alpha value is -2.79. The topological polar surface area (TPSA) is 38.8 Å². The van der Waals surface area contributed by atoms with E-state index in [2.05, 4.69) is 0 Å². The number of carbonyl (C=O) groups excluding carboxylic acids is 1. The van der Waals surface area contributed by atoms with Crippen LogP contribution in [0.25, 0.3) is 10.4 Å². The van der Waals surface area contributed by atoms with Crippen molar-refractivity contribution < 1.29 is 14.3 Å². The van der Waals surface area contributed by atoms with Crippen molar-refractivity contribution >= 4 is 17.2 Å². The highest BCUT2D eigenvalue weighted by Gasteiger charge is 2.17. The lowest BCUT2D eigenvalue weighted by molar-refractivity contribution is 0.0790. The summed E-state index contributed by atoms with van der Waals surface area (Å²) in [6, 6.07) is 19.7. The molecule has 0 bridgehead atoms. The number of hydrogen-bond acceptors (Lipinski definition) is 4. The SMILES string of the molecule is CN(Cc1ccccc1)C(=O)c1ccc(-c2ccc3c(c2)OCO3)s1. The van der Waals surface area contributed by atoms with E-state index in [9.17, 15) is 4.79 Å². The van der Waals surface area contributed by atoms with Gasteiger partial charge in [-0.1, -0.05) is 30.3 Å². The predicted molar refractivity (Wildman–Crippen MR) is 98.1 cm³/mol. The summed E-state index contributed by atoms with van der Waals surface area (Å²) in [4.78, 5) is 16.2. The fraction of sp³-hybridized carbons (Fsp3) is 0.150. The number of rotatable bonds is 4. The molecule has 4 rings (SSSR count). The normalized spacial score (nSPS) is 12.2. The van der Waals surface area contributed by atoms with Crippen LogP contribution in [0.2, 0.25) is 0 Å². The van der Waals surface area contributed by atoms with E-state index < -0.39 is 0 Å². The molecule has 0 unspecified atom stereocenters. The number of ether oxygens (including phenoxy) is 2. The zero-order valence-electron chi connectivity index (χ0n) is 13.8. The summed E-state index contributed by atoms with van der Waals surface area (Å²) in [5.41, 5.74) is 2.14. The van der Waals surface area contributed by atoms with Gasteiger partial charge in [-0.2, -0.15) is 0 Å². The second-order valence-corrected chi connectivity index (χ2v) is 6.96. The number of fused-ring (bicyclic) bond motifs is 1. The molecule has 0 radical (unpaired) electrons. The maximum absolute atomic E-state index is 12.7. The Morgan fingerprint density at radius 1 is 1.04 bits per heavy atom. The van der Waals surface area contributed by atoms with E-state index in [0.29, 0.717) is 6.54 Å². The largest absolute Gasteiger partial charge is 0.454 e. The number of thiophene rings is 1. The predicted octanol–water partition coefficient (Wildman–Crippen LogP) is 4.42. The van der Waals surface area contributed by atoms with Crippen LogP contribution in [0.3, 0.4) is 0 Å². The van der Waals surface area contributed by atoms with Crippen LogP contribution in [0.5, 0.6) is 11.5 Å². The van der Waals surface area contributed by atoms with Gasteiger partial charge < -0.3 is 14.4 Å². The average molecular weight is 351 g/mol. The minimum absolute atomic E-state index is 0.0286. The summed E-state index contributed by atoms with van der Waals surface area (Å²) in [6.45, 7) is 0.855. The number of carbonyl (C=O) groups is 1. The Morgan fingerprint density at radius 3 is 2.68 bits per heavy atom. The molecule has 0 saturated carbocycles. The lowest BCUT2D eigenvalue weighted by Gasteiger charge is -2.16. The first kappa shape index (κ1) is 15.7. The molecule has 1 aliphatic heterocycles. The third-order valence-corrected chi connectivity index (χ3v) is 5.21. The van der Waals surface area contributed by atoms with Gasteiger partial charge in [0, 0.05) is 18.5 Å². The Labute approximate surface area is 150 Å². The minimum Gasteiger partial charge on any atom is -0.454 e. The monoisotopic (exact) mass is 351 g/mol. The molecular weight excluding hydrogens is 334 g/mol. The Kier molecular flexibility index (Phi) is 4.15. The smallest absolute Gasteiger partial charge is 0.263 e. The molecule has 25 heavy (non-hydrogen) atoms. The molecule has 0 atom stereocenters. The number of amides is 1. The molecule has 2 heterocycles. The van der Waals surface area contributed by atoms with Gasteiger partial charge in [0.15, 0.2) is 11.5 Å². The first-order chi connectivity index (χ1) is 12.2. The quantitative estimate of drug-likeness (QED) is 0.699. The van der Waals surface area contributed by atoms with E-state index in [-0.39, 0.29) is 12.7 Å². The molecular formula is C20H17NO3S. The zero-order valence-corrected chi connectivity index (χ0v) is 14.6. The van der Waals surface area contributed by atoms with Crippen molar-refractivity contribution in [1.82, 2.24) is 4.90 Å². The van der Waals surface area contributed by atoms with Gasteiger partial charge in [0.25, 0.3) is 5.91 Å². The summed E-state index contributed by atoms with van der Waals surface area (Å²) in [5.74, 6) is 1.54. The van der Waals surface area contributed by atoms with Gasteiger partial charge in [-0.3, -0.25) is 4.79 Å². The second-order valence-electron chi connectivity index (χ2n) is 5.88. The number of benzene rings is 2. The third-order valence-electron chi connectivity index (χ3n) is 4.08. The summed E-state index contributed by atoms with van der Waals surface area (Å²) >= 11 is 1.49. The Bertz CT molecular complexity index is 904. The Balaban J connectivity index is 1.51. The third kappa shape index (κ3) is 3.23. The summed E-state index contributed by atoms with van der Waals surface area (Å²) < 4.78 is 10.8. The van der Waals surface area contributed by atoms with Gasteiger partial charge in [0.2, 0.25) is 6.79 Å². The molecule has 1 aromatic heterocycles. The van der Waals surface area contributed by atoms with E-state index in [0.717, 1.165) is 32.4 Å². The highest BCUT2D eigenvalue weighted by atomic mass is 32.1. The van der Waals surface area contributed by atoms with Crippen LogP contribution in [-0.2, 0) is 6.54 Å². The summed E-state index contributed by atoms with van der Waals surface area (Å²) in [5, 5.41) is 0. The standard InChI is InChI=1S/C20H17NO3S/c1-21(12-14-5-3-2-4-6-14)20(22)19-10-9-18(25-19)15-7-8-16-17(11-15)24-13-23-16/h2-11H,12-13H2,1H3. The maximum Gasteiger partial charge on any atom is 0.263 e. The Morgan fingerprint density at radius 2 is 1.84 bits per heavy atom. The van der Waals surface area contributed by atoms with Gasteiger partial charge in [0.05, 0.1) is 4.88 Å². The second kappa shape index (κ2) is 6.61. The first-order valence-corrected chi connectivity index (χ1v) is 8.81. The van der Waals surface area contributed by atoms with E-state index in [4.69, 9.17) is 9.47 Å². The van der Waals surface area contributed by atoms with Crippen LogP contribution in [0.4, 0.5) is 0 Å². The van der Waals surface area contributed by atoms with Crippen LogP contribution < -0.4 is 9.47 Å². The van der Waals surface area contributed by atoms with Crippen molar-refractivity contribution in [3.63, 3.8) is 0 Å². The van der Waals surface area contributed by atoms with Crippen LogP contribution >= 0.6 is 11.3 Å². The van der Waals surface area contributed by atoms with E-state index in [1.54, 1.807) is 4.90 Å². The molecule has 5 heteroatoms. The van der Waals surface area contributed by atoms with Crippen molar-refractivity contribution in [3.05, 3.63) is 71.1 Å². The maximum atomic E-state index is 12.7. The van der Waals surface area contributed by atoms with Gasteiger partial charge in [-0.05, 0) is 41.5 Å². The molecule has 0 fully saturated rings. The molecule has 1 amide bonds. The number of nitrogens with zero attached hydrogens (tertiary/aromatic N) is 1. The van der Waals surface area contributed by atoms with Gasteiger partial charge in [0.1, 0.15) is 0 Å². The lowest BCUT2D eigenvalue weighted by atomic mass is 10.1. The van der Waals surface area contributed by atoms with Crippen molar-refractivity contribution in [3.8, 4) is 21.9 Å². The van der Waals surface area contributed by atoms with Gasteiger partial charge in [-0.25, -0.2) is 0 Å². The van der Waals surface area contributed by atoms with Gasteiger partial charge >= 0.3 is 0 Å². The number of hydrogen-bond donors (Lipinski definition) is 0. The van der Waals surface area contributed by atoms with E-state index in [1.807, 2.05) is 67.7 Å². The molecule has 126 valence electrons. The van der Waals surface area contributed by atoms with Crippen LogP contribution in [0, 0.1) is 0 Å². The van der Waals surface area contributed by atoms with E-state index >= 15 is 0 Å². The summed E-state index contributed by atoms with van der Waals surface area (Å²) in [7, 11) is 1.83. The lowest BCUT2D eigenvalue weighted by Crippen LogP contribution is -2.25. The molecule has 4 nitrogen and oxygen atoms in total. The molecule has 2 aromatic carbocycles. The van der Waals surface area contributed by atoms with Crippen molar-refractivity contribution in [2.75, 3.05) is 13.8 Å². The van der Waals surface area contributed by atoms with Crippen LogP contribution in [0.1, 0.15) is 15.2 Å². The first-order valence-electron chi connectivity index (χ1n) is 8.00. The fourth-order valence-electron chi connectivity index (χ4n) is 2.77. The molecule has 0 spiro atoms. The van der Waals surface area contributed by atoms with Crippen molar-refractivity contribution in [1.29, 1.82) is 0 Å². The highest BCUT2D eigenvalue weighted by molar-refractivity contribution is 7.17. The molecule has 0 aliphatic carbocycles.